The van der Waals surface area contributed by atoms with Crippen molar-refractivity contribution in [2.45, 2.75) is 19.8 Å². The maximum atomic E-state index is 12.7. The number of alkyl halides is 2. The standard InChI is InChI=1S/C11H11ClF2O2/c1-6(11(15)16)5-7-3-2-4-8(12)9(7)10(13)14/h2-4,6,10H,5H2,1H3,(H,15,16). The minimum atomic E-state index is -2.69. The van der Waals surface area contributed by atoms with E-state index < -0.39 is 18.3 Å². The predicted molar refractivity (Wildman–Crippen MR) is 56.9 cm³/mol. The molecular formula is C11H11ClF2O2. The number of hydrogen-bond acceptors (Lipinski definition) is 1. The minimum absolute atomic E-state index is 0.0231. The SMILES string of the molecule is CC(Cc1cccc(Cl)c1C(F)F)C(=O)O. The molecule has 0 bridgehead atoms. The number of carboxylic acid groups (broad SMARTS) is 1. The van der Waals surface area contributed by atoms with E-state index in [4.69, 9.17) is 16.7 Å². The van der Waals surface area contributed by atoms with Crippen molar-refractivity contribution in [1.82, 2.24) is 0 Å². The summed E-state index contributed by atoms with van der Waals surface area (Å²) in [7, 11) is 0. The molecule has 0 saturated carbocycles. The quantitative estimate of drug-likeness (QED) is 0.885. The Morgan fingerprint density at radius 1 is 1.50 bits per heavy atom. The van der Waals surface area contributed by atoms with Gasteiger partial charge in [-0.2, -0.15) is 0 Å². The first-order valence-electron chi connectivity index (χ1n) is 4.71. The van der Waals surface area contributed by atoms with Crippen LogP contribution in [0.5, 0.6) is 0 Å². The number of hydrogen-bond donors (Lipinski definition) is 1. The lowest BCUT2D eigenvalue weighted by atomic mass is 9.97. The lowest BCUT2D eigenvalue weighted by molar-refractivity contribution is -0.141. The molecule has 0 aliphatic heterocycles. The van der Waals surface area contributed by atoms with Crippen molar-refractivity contribution in [3.8, 4) is 0 Å². The van der Waals surface area contributed by atoms with E-state index in [1.807, 2.05) is 0 Å². The van der Waals surface area contributed by atoms with Crippen LogP contribution in [0, 0.1) is 5.92 Å². The Hall–Kier alpha value is -1.16. The van der Waals surface area contributed by atoms with Gasteiger partial charge in [0.05, 0.1) is 5.92 Å². The summed E-state index contributed by atoms with van der Waals surface area (Å²) in [6.07, 6.45) is -2.64. The van der Waals surface area contributed by atoms with Crippen LogP contribution in [0.25, 0.3) is 0 Å². The number of rotatable bonds is 4. The topological polar surface area (TPSA) is 37.3 Å². The van der Waals surface area contributed by atoms with Crippen molar-refractivity contribution in [2.75, 3.05) is 0 Å². The minimum Gasteiger partial charge on any atom is -0.481 e. The molecule has 1 N–H and O–H groups in total. The van der Waals surface area contributed by atoms with Crippen LogP contribution in [0.2, 0.25) is 5.02 Å². The van der Waals surface area contributed by atoms with Crippen LogP contribution in [0.4, 0.5) is 8.78 Å². The third-order valence-corrected chi connectivity index (χ3v) is 2.64. The highest BCUT2D eigenvalue weighted by Crippen LogP contribution is 2.31. The van der Waals surface area contributed by atoms with E-state index in [1.54, 1.807) is 0 Å². The lowest BCUT2D eigenvalue weighted by Gasteiger charge is -2.12. The van der Waals surface area contributed by atoms with Gasteiger partial charge in [-0.3, -0.25) is 4.79 Å². The molecule has 0 aromatic heterocycles. The van der Waals surface area contributed by atoms with Gasteiger partial charge < -0.3 is 5.11 Å². The van der Waals surface area contributed by atoms with Gasteiger partial charge in [0.2, 0.25) is 0 Å². The molecule has 0 radical (unpaired) electrons. The molecule has 1 aromatic rings. The summed E-state index contributed by atoms with van der Waals surface area (Å²) >= 11 is 5.66. The van der Waals surface area contributed by atoms with Gasteiger partial charge in [-0.05, 0) is 18.1 Å². The van der Waals surface area contributed by atoms with Crippen LogP contribution in [0.15, 0.2) is 18.2 Å². The molecule has 16 heavy (non-hydrogen) atoms. The van der Waals surface area contributed by atoms with Gasteiger partial charge in [0, 0.05) is 10.6 Å². The highest BCUT2D eigenvalue weighted by Gasteiger charge is 2.20. The van der Waals surface area contributed by atoms with Gasteiger partial charge >= 0.3 is 5.97 Å². The molecule has 0 fully saturated rings. The summed E-state index contributed by atoms with van der Waals surface area (Å²) in [6.45, 7) is 1.47. The normalized spacial score (nSPS) is 12.8. The van der Waals surface area contributed by atoms with Crippen LogP contribution >= 0.6 is 11.6 Å². The number of aliphatic carboxylic acids is 1. The molecule has 1 atom stereocenters. The van der Waals surface area contributed by atoms with Crippen LogP contribution < -0.4 is 0 Å². The molecule has 0 spiro atoms. The first kappa shape index (κ1) is 12.9. The number of benzene rings is 1. The van der Waals surface area contributed by atoms with Gasteiger partial charge in [-0.25, -0.2) is 8.78 Å². The molecule has 0 heterocycles. The highest BCUT2D eigenvalue weighted by molar-refractivity contribution is 6.31. The molecular weight excluding hydrogens is 238 g/mol. The van der Waals surface area contributed by atoms with E-state index in [1.165, 1.54) is 25.1 Å². The Morgan fingerprint density at radius 2 is 2.12 bits per heavy atom. The first-order valence-corrected chi connectivity index (χ1v) is 5.09. The highest BCUT2D eigenvalue weighted by atomic mass is 35.5. The number of carboxylic acids is 1. The molecule has 0 aliphatic carbocycles. The molecule has 0 aliphatic rings. The van der Waals surface area contributed by atoms with Gasteiger partial charge in [-0.15, -0.1) is 0 Å². The lowest BCUT2D eigenvalue weighted by Crippen LogP contribution is -2.13. The Labute approximate surface area is 96.8 Å². The van der Waals surface area contributed by atoms with Crippen molar-refractivity contribution >= 4 is 17.6 Å². The maximum absolute atomic E-state index is 12.7. The average Bonchev–Trinajstić information content (AvgIpc) is 2.16. The zero-order chi connectivity index (χ0) is 12.3. The fourth-order valence-electron chi connectivity index (χ4n) is 1.42. The van der Waals surface area contributed by atoms with Crippen LogP contribution in [0.3, 0.4) is 0 Å². The zero-order valence-electron chi connectivity index (χ0n) is 8.58. The van der Waals surface area contributed by atoms with Crippen LogP contribution in [-0.2, 0) is 11.2 Å². The Bertz CT molecular complexity index is 394. The molecule has 2 nitrogen and oxygen atoms in total. The van der Waals surface area contributed by atoms with Crippen molar-refractivity contribution in [3.63, 3.8) is 0 Å². The fraction of sp³-hybridized carbons (Fsp3) is 0.364. The Kier molecular flexibility index (Phi) is 4.24. The summed E-state index contributed by atoms with van der Waals surface area (Å²) in [4.78, 5) is 10.6. The zero-order valence-corrected chi connectivity index (χ0v) is 9.34. The molecule has 0 saturated heterocycles. The van der Waals surface area contributed by atoms with E-state index in [2.05, 4.69) is 0 Å². The summed E-state index contributed by atoms with van der Waals surface area (Å²) in [5, 5.41) is 8.70. The first-order chi connectivity index (χ1) is 7.43. The molecule has 88 valence electrons. The Balaban J connectivity index is 3.04. The fourth-order valence-corrected chi connectivity index (χ4v) is 1.70. The second kappa shape index (κ2) is 5.25. The smallest absolute Gasteiger partial charge is 0.306 e. The molecule has 1 rings (SSSR count). The van der Waals surface area contributed by atoms with E-state index in [0.717, 1.165) is 0 Å². The van der Waals surface area contributed by atoms with Gasteiger partial charge in [0.25, 0.3) is 6.43 Å². The van der Waals surface area contributed by atoms with E-state index in [-0.39, 0.29) is 22.6 Å². The van der Waals surface area contributed by atoms with Gasteiger partial charge in [0.1, 0.15) is 0 Å². The van der Waals surface area contributed by atoms with Gasteiger partial charge in [-0.1, -0.05) is 30.7 Å². The third kappa shape index (κ3) is 2.92. The third-order valence-electron chi connectivity index (χ3n) is 2.31. The molecule has 1 aromatic carbocycles. The predicted octanol–water partition coefficient (Wildman–Crippen LogP) is 3.54. The molecule has 0 amide bonds. The number of halogens is 3. The maximum Gasteiger partial charge on any atom is 0.306 e. The van der Waals surface area contributed by atoms with Crippen LogP contribution in [0.1, 0.15) is 24.5 Å². The largest absolute Gasteiger partial charge is 0.481 e. The van der Waals surface area contributed by atoms with Gasteiger partial charge in [0.15, 0.2) is 0 Å². The second-order valence-electron chi connectivity index (χ2n) is 3.56. The van der Waals surface area contributed by atoms with E-state index in [9.17, 15) is 13.6 Å². The second-order valence-corrected chi connectivity index (χ2v) is 3.96. The monoisotopic (exact) mass is 248 g/mol. The Morgan fingerprint density at radius 3 is 2.62 bits per heavy atom. The number of carbonyl (C=O) groups is 1. The summed E-state index contributed by atoms with van der Waals surface area (Å²) in [5.74, 6) is -1.73. The van der Waals surface area contributed by atoms with E-state index in [0.29, 0.717) is 0 Å². The van der Waals surface area contributed by atoms with Crippen molar-refractivity contribution in [1.29, 1.82) is 0 Å². The molecule has 1 unspecified atom stereocenters. The average molecular weight is 249 g/mol. The summed E-state index contributed by atoms with van der Waals surface area (Å²) in [5.41, 5.74) is 0.0228. The molecule has 5 heteroatoms. The van der Waals surface area contributed by atoms with Crippen molar-refractivity contribution in [3.05, 3.63) is 34.3 Å². The van der Waals surface area contributed by atoms with Crippen molar-refractivity contribution < 1.29 is 18.7 Å². The van der Waals surface area contributed by atoms with Crippen molar-refractivity contribution in [2.24, 2.45) is 5.92 Å². The van der Waals surface area contributed by atoms with Crippen LogP contribution in [-0.4, -0.2) is 11.1 Å². The van der Waals surface area contributed by atoms with E-state index >= 15 is 0 Å². The summed E-state index contributed by atoms with van der Waals surface area (Å²) in [6, 6.07) is 4.39. The summed E-state index contributed by atoms with van der Waals surface area (Å²) < 4.78 is 25.4.